The van der Waals surface area contributed by atoms with E-state index in [0.29, 0.717) is 18.0 Å². The van der Waals surface area contributed by atoms with Crippen LogP contribution in [0.15, 0.2) is 24.3 Å². The molecule has 1 aliphatic heterocycles. The molecule has 1 heterocycles. The van der Waals surface area contributed by atoms with Crippen molar-refractivity contribution >= 4 is 24.2 Å². The minimum absolute atomic E-state index is 0. The second kappa shape index (κ2) is 9.78. The molecular weight excluding hydrogens is 338 g/mol. The zero-order valence-electron chi connectivity index (χ0n) is 15.5. The average molecular weight is 368 g/mol. The second-order valence-electron chi connectivity index (χ2n) is 7.10. The van der Waals surface area contributed by atoms with Gasteiger partial charge in [-0.2, -0.15) is 0 Å². The van der Waals surface area contributed by atoms with Crippen LogP contribution in [0.25, 0.3) is 0 Å². The number of benzene rings is 1. The highest BCUT2D eigenvalue weighted by Crippen LogP contribution is 2.13. The zero-order valence-corrected chi connectivity index (χ0v) is 16.4. The van der Waals surface area contributed by atoms with Crippen LogP contribution in [0, 0.1) is 11.8 Å². The van der Waals surface area contributed by atoms with Crippen LogP contribution in [0.2, 0.25) is 0 Å². The Kier molecular flexibility index (Phi) is 8.39. The Bertz CT molecular complexity index is 575. The van der Waals surface area contributed by atoms with E-state index in [1.54, 1.807) is 11.9 Å². The molecule has 0 aliphatic carbocycles. The van der Waals surface area contributed by atoms with Crippen LogP contribution in [0.4, 0.5) is 0 Å². The second-order valence-corrected chi connectivity index (χ2v) is 7.10. The Morgan fingerprint density at radius 2 is 1.92 bits per heavy atom. The Morgan fingerprint density at radius 1 is 1.28 bits per heavy atom. The third kappa shape index (κ3) is 6.01. The summed E-state index contributed by atoms with van der Waals surface area (Å²) < 4.78 is 0. The molecule has 0 bridgehead atoms. The first kappa shape index (κ1) is 21.5. The minimum atomic E-state index is -0.0214. The van der Waals surface area contributed by atoms with Crippen LogP contribution in [-0.2, 0) is 11.3 Å². The first-order valence-corrected chi connectivity index (χ1v) is 8.74. The molecular formula is C19H30ClN3O2. The largest absolute Gasteiger partial charge is 0.349 e. The average Bonchev–Trinajstić information content (AvgIpc) is 2.56. The van der Waals surface area contributed by atoms with Gasteiger partial charge >= 0.3 is 0 Å². The molecule has 5 nitrogen and oxygen atoms in total. The Labute approximate surface area is 157 Å². The highest BCUT2D eigenvalue weighted by atomic mass is 35.5. The highest BCUT2D eigenvalue weighted by molar-refractivity contribution is 5.94. The lowest BCUT2D eigenvalue weighted by Crippen LogP contribution is -2.48. The maximum Gasteiger partial charge on any atom is 0.251 e. The molecule has 140 valence electrons. The van der Waals surface area contributed by atoms with Gasteiger partial charge in [0, 0.05) is 31.1 Å². The quantitative estimate of drug-likeness (QED) is 0.840. The number of amides is 2. The molecule has 25 heavy (non-hydrogen) atoms. The Morgan fingerprint density at radius 3 is 2.48 bits per heavy atom. The van der Waals surface area contributed by atoms with Gasteiger partial charge in [-0.25, -0.2) is 0 Å². The fourth-order valence-corrected chi connectivity index (χ4v) is 3.03. The van der Waals surface area contributed by atoms with E-state index in [0.717, 1.165) is 25.1 Å². The van der Waals surface area contributed by atoms with Gasteiger partial charge < -0.3 is 15.5 Å². The van der Waals surface area contributed by atoms with Gasteiger partial charge in [0.25, 0.3) is 5.91 Å². The van der Waals surface area contributed by atoms with Crippen molar-refractivity contribution in [2.75, 3.05) is 20.1 Å². The minimum Gasteiger partial charge on any atom is -0.349 e. The van der Waals surface area contributed by atoms with Crippen molar-refractivity contribution in [3.8, 4) is 0 Å². The van der Waals surface area contributed by atoms with E-state index in [1.165, 1.54) is 0 Å². The molecule has 0 aromatic heterocycles. The van der Waals surface area contributed by atoms with Gasteiger partial charge in [-0.3, -0.25) is 9.59 Å². The van der Waals surface area contributed by atoms with Gasteiger partial charge in [0.05, 0.1) is 0 Å². The molecule has 0 spiro atoms. The number of halogens is 1. The standard InChI is InChI=1S/C19H29N3O2.ClH/c1-13(2)19(24)22(4)12-15-5-7-16(8-6-15)18(23)21-17-9-10-20-11-14(17)3;/h5-8,13-14,17,20H,9-12H2,1-4H3,(H,21,23);1H. The lowest BCUT2D eigenvalue weighted by Gasteiger charge is -2.30. The van der Waals surface area contributed by atoms with Crippen molar-refractivity contribution in [3.05, 3.63) is 35.4 Å². The zero-order chi connectivity index (χ0) is 17.7. The maximum absolute atomic E-state index is 12.4. The van der Waals surface area contributed by atoms with Crippen LogP contribution >= 0.6 is 12.4 Å². The lowest BCUT2D eigenvalue weighted by atomic mass is 9.95. The van der Waals surface area contributed by atoms with E-state index < -0.39 is 0 Å². The summed E-state index contributed by atoms with van der Waals surface area (Å²) in [4.78, 5) is 26.0. The van der Waals surface area contributed by atoms with E-state index in [2.05, 4.69) is 17.6 Å². The number of nitrogens with zero attached hydrogens (tertiary/aromatic N) is 1. The van der Waals surface area contributed by atoms with Crippen molar-refractivity contribution in [1.29, 1.82) is 0 Å². The maximum atomic E-state index is 12.4. The Hall–Kier alpha value is -1.59. The monoisotopic (exact) mass is 367 g/mol. The summed E-state index contributed by atoms with van der Waals surface area (Å²) in [5.41, 5.74) is 1.70. The van der Waals surface area contributed by atoms with Crippen molar-refractivity contribution < 1.29 is 9.59 Å². The highest BCUT2D eigenvalue weighted by Gasteiger charge is 2.23. The number of piperidine rings is 1. The molecule has 1 saturated heterocycles. The number of nitrogens with one attached hydrogen (secondary N) is 2. The van der Waals surface area contributed by atoms with Crippen LogP contribution in [0.5, 0.6) is 0 Å². The molecule has 1 fully saturated rings. The van der Waals surface area contributed by atoms with E-state index in [9.17, 15) is 9.59 Å². The summed E-state index contributed by atoms with van der Waals surface area (Å²) in [6.07, 6.45) is 0.965. The number of carbonyl (C=O) groups is 2. The van der Waals surface area contributed by atoms with E-state index in [1.807, 2.05) is 38.1 Å². The smallest absolute Gasteiger partial charge is 0.251 e. The van der Waals surface area contributed by atoms with Crippen molar-refractivity contribution in [2.24, 2.45) is 11.8 Å². The third-order valence-electron chi connectivity index (χ3n) is 4.61. The first-order valence-electron chi connectivity index (χ1n) is 8.74. The fourth-order valence-electron chi connectivity index (χ4n) is 3.03. The number of hydrogen-bond donors (Lipinski definition) is 2. The van der Waals surface area contributed by atoms with Gasteiger partial charge in [-0.1, -0.05) is 32.9 Å². The SMILES string of the molecule is CC(C)C(=O)N(C)Cc1ccc(C(=O)NC2CCNCC2C)cc1.Cl. The van der Waals surface area contributed by atoms with Crippen LogP contribution in [0.3, 0.4) is 0 Å². The third-order valence-corrected chi connectivity index (χ3v) is 4.61. The van der Waals surface area contributed by atoms with Crippen LogP contribution in [0.1, 0.15) is 43.1 Å². The van der Waals surface area contributed by atoms with Gasteiger partial charge in [0.2, 0.25) is 5.91 Å². The topological polar surface area (TPSA) is 61.4 Å². The van der Waals surface area contributed by atoms with Gasteiger partial charge in [-0.15, -0.1) is 12.4 Å². The lowest BCUT2D eigenvalue weighted by molar-refractivity contribution is -0.133. The molecule has 0 saturated carbocycles. The summed E-state index contributed by atoms with van der Waals surface area (Å²) >= 11 is 0. The molecule has 2 unspecified atom stereocenters. The summed E-state index contributed by atoms with van der Waals surface area (Å²) in [6, 6.07) is 7.75. The number of hydrogen-bond acceptors (Lipinski definition) is 3. The molecule has 2 rings (SSSR count). The summed E-state index contributed by atoms with van der Waals surface area (Å²) in [5, 5.41) is 6.47. The van der Waals surface area contributed by atoms with Crippen LogP contribution < -0.4 is 10.6 Å². The molecule has 2 amide bonds. The normalized spacial score (nSPS) is 19.9. The molecule has 0 radical (unpaired) electrons. The number of carbonyl (C=O) groups excluding carboxylic acids is 2. The fraction of sp³-hybridized carbons (Fsp3) is 0.579. The Balaban J connectivity index is 0.00000312. The number of rotatable bonds is 5. The molecule has 2 atom stereocenters. The molecule has 1 aliphatic rings. The summed E-state index contributed by atoms with van der Waals surface area (Å²) in [7, 11) is 1.81. The van der Waals surface area contributed by atoms with Gasteiger partial charge in [-0.05, 0) is 43.1 Å². The molecule has 6 heteroatoms. The van der Waals surface area contributed by atoms with E-state index in [4.69, 9.17) is 0 Å². The summed E-state index contributed by atoms with van der Waals surface area (Å²) in [5.74, 6) is 0.535. The predicted octanol–water partition coefficient (Wildman–Crippen LogP) is 2.45. The van der Waals surface area contributed by atoms with Crippen LogP contribution in [-0.4, -0.2) is 42.9 Å². The van der Waals surface area contributed by atoms with E-state index in [-0.39, 0.29) is 36.2 Å². The van der Waals surface area contributed by atoms with Crippen molar-refractivity contribution in [2.45, 2.75) is 39.8 Å². The molecule has 1 aromatic carbocycles. The first-order chi connectivity index (χ1) is 11.4. The van der Waals surface area contributed by atoms with Gasteiger partial charge in [0.15, 0.2) is 0 Å². The van der Waals surface area contributed by atoms with Crippen molar-refractivity contribution in [1.82, 2.24) is 15.5 Å². The van der Waals surface area contributed by atoms with E-state index >= 15 is 0 Å². The molecule has 1 aromatic rings. The predicted molar refractivity (Wildman–Crippen MR) is 103 cm³/mol. The van der Waals surface area contributed by atoms with Crippen molar-refractivity contribution in [3.63, 3.8) is 0 Å². The van der Waals surface area contributed by atoms with Gasteiger partial charge in [0.1, 0.15) is 0 Å². The molecule has 2 N–H and O–H groups in total. The summed E-state index contributed by atoms with van der Waals surface area (Å²) in [6.45, 7) is 8.40.